The largest absolute Gasteiger partial charge is 0.339 e. The maximum Gasteiger partial charge on any atom is 0.224 e. The van der Waals surface area contributed by atoms with Gasteiger partial charge in [0.05, 0.1) is 6.20 Å². The standard InChI is InChI=1S/C12H13ClN4/c13-12-14-5-9-11(17-12)16-10(15-9)8-4-6-1-2-7(8)3-6/h5-8H,1-4H2,(H,14,15,16,17). The van der Waals surface area contributed by atoms with Crippen LogP contribution in [-0.2, 0) is 0 Å². The van der Waals surface area contributed by atoms with E-state index in [0.717, 1.165) is 23.2 Å². The quantitative estimate of drug-likeness (QED) is 0.790. The molecular formula is C12H13ClN4. The van der Waals surface area contributed by atoms with E-state index in [1.54, 1.807) is 6.20 Å². The van der Waals surface area contributed by atoms with E-state index in [1.807, 2.05) is 0 Å². The molecule has 0 spiro atoms. The van der Waals surface area contributed by atoms with Gasteiger partial charge in [0.25, 0.3) is 0 Å². The number of hydrogen-bond donors (Lipinski definition) is 1. The predicted octanol–water partition coefficient (Wildman–Crippen LogP) is 2.91. The fraction of sp³-hybridized carbons (Fsp3) is 0.583. The van der Waals surface area contributed by atoms with Crippen molar-refractivity contribution in [3.8, 4) is 0 Å². The van der Waals surface area contributed by atoms with Crippen LogP contribution in [0.5, 0.6) is 0 Å². The van der Waals surface area contributed by atoms with Gasteiger partial charge in [0.1, 0.15) is 11.3 Å². The van der Waals surface area contributed by atoms with E-state index in [9.17, 15) is 0 Å². The molecule has 5 heteroatoms. The molecule has 2 heterocycles. The number of rotatable bonds is 1. The van der Waals surface area contributed by atoms with Crippen LogP contribution in [-0.4, -0.2) is 19.9 Å². The Morgan fingerprint density at radius 1 is 1.24 bits per heavy atom. The second-order valence-electron chi connectivity index (χ2n) is 5.28. The van der Waals surface area contributed by atoms with Crippen LogP contribution in [0.25, 0.3) is 11.2 Å². The van der Waals surface area contributed by atoms with E-state index in [2.05, 4.69) is 19.9 Å². The number of nitrogens with zero attached hydrogens (tertiary/aromatic N) is 3. The van der Waals surface area contributed by atoms with Gasteiger partial charge < -0.3 is 4.98 Å². The summed E-state index contributed by atoms with van der Waals surface area (Å²) in [6, 6.07) is 0. The number of imidazole rings is 1. The predicted molar refractivity (Wildman–Crippen MR) is 64.9 cm³/mol. The summed E-state index contributed by atoms with van der Waals surface area (Å²) in [5, 5.41) is 0.267. The highest BCUT2D eigenvalue weighted by Gasteiger charge is 2.41. The molecule has 0 aliphatic heterocycles. The van der Waals surface area contributed by atoms with Gasteiger partial charge in [-0.05, 0) is 42.7 Å². The Balaban J connectivity index is 1.76. The van der Waals surface area contributed by atoms with Crippen LogP contribution in [0.3, 0.4) is 0 Å². The van der Waals surface area contributed by atoms with Gasteiger partial charge in [-0.3, -0.25) is 0 Å². The number of halogens is 1. The molecule has 88 valence electrons. The summed E-state index contributed by atoms with van der Waals surface area (Å²) in [4.78, 5) is 16.1. The van der Waals surface area contributed by atoms with Gasteiger partial charge in [0.15, 0.2) is 5.65 Å². The Labute approximate surface area is 104 Å². The number of aromatic nitrogens is 4. The normalized spacial score (nSPS) is 31.5. The van der Waals surface area contributed by atoms with Gasteiger partial charge in [-0.25, -0.2) is 9.97 Å². The highest BCUT2D eigenvalue weighted by atomic mass is 35.5. The van der Waals surface area contributed by atoms with E-state index in [4.69, 9.17) is 11.6 Å². The lowest BCUT2D eigenvalue weighted by molar-refractivity contribution is 0.408. The zero-order chi connectivity index (χ0) is 11.4. The number of fused-ring (bicyclic) bond motifs is 3. The zero-order valence-corrected chi connectivity index (χ0v) is 10.1. The van der Waals surface area contributed by atoms with E-state index in [-0.39, 0.29) is 5.28 Å². The maximum absolute atomic E-state index is 5.77. The minimum absolute atomic E-state index is 0.267. The van der Waals surface area contributed by atoms with Crippen molar-refractivity contribution < 1.29 is 0 Å². The first kappa shape index (κ1) is 9.83. The van der Waals surface area contributed by atoms with Crippen molar-refractivity contribution in [1.29, 1.82) is 0 Å². The molecule has 2 fully saturated rings. The number of hydrogen-bond acceptors (Lipinski definition) is 3. The molecule has 2 aliphatic rings. The summed E-state index contributed by atoms with van der Waals surface area (Å²) in [6.07, 6.45) is 7.15. The van der Waals surface area contributed by atoms with Crippen molar-refractivity contribution in [3.63, 3.8) is 0 Å². The molecule has 4 nitrogen and oxygen atoms in total. The van der Waals surface area contributed by atoms with Gasteiger partial charge in [0, 0.05) is 5.92 Å². The lowest BCUT2D eigenvalue weighted by Crippen LogP contribution is -2.09. The fourth-order valence-electron chi connectivity index (χ4n) is 3.56. The molecule has 0 radical (unpaired) electrons. The first-order valence-corrected chi connectivity index (χ1v) is 6.55. The fourth-order valence-corrected chi connectivity index (χ4v) is 3.69. The van der Waals surface area contributed by atoms with Gasteiger partial charge in [-0.2, -0.15) is 4.98 Å². The maximum atomic E-state index is 5.77. The van der Waals surface area contributed by atoms with Crippen LogP contribution in [0.1, 0.15) is 37.4 Å². The Hall–Kier alpha value is -1.16. The first-order chi connectivity index (χ1) is 8.29. The monoisotopic (exact) mass is 248 g/mol. The number of H-pyrrole nitrogens is 1. The Bertz CT molecular complexity index is 579. The summed E-state index contributed by atoms with van der Waals surface area (Å²) in [6.45, 7) is 0. The molecule has 2 bridgehead atoms. The second-order valence-corrected chi connectivity index (χ2v) is 5.62. The molecule has 1 N–H and O–H groups in total. The van der Waals surface area contributed by atoms with Gasteiger partial charge in [-0.15, -0.1) is 0 Å². The third kappa shape index (κ3) is 1.47. The van der Waals surface area contributed by atoms with Crippen LogP contribution < -0.4 is 0 Å². The van der Waals surface area contributed by atoms with Crippen molar-refractivity contribution in [1.82, 2.24) is 19.9 Å². The Kier molecular flexibility index (Phi) is 1.98. The Morgan fingerprint density at radius 2 is 2.18 bits per heavy atom. The smallest absolute Gasteiger partial charge is 0.224 e. The number of nitrogens with one attached hydrogen (secondary N) is 1. The third-order valence-corrected chi connectivity index (χ3v) is 4.50. The van der Waals surface area contributed by atoms with Crippen molar-refractivity contribution in [2.24, 2.45) is 11.8 Å². The van der Waals surface area contributed by atoms with E-state index in [1.165, 1.54) is 25.7 Å². The Morgan fingerprint density at radius 3 is 2.94 bits per heavy atom. The highest BCUT2D eigenvalue weighted by molar-refractivity contribution is 6.28. The SMILES string of the molecule is Clc1ncc2[nH]c(C3CC4CCC3C4)nc2n1. The summed E-state index contributed by atoms with van der Waals surface area (Å²) in [7, 11) is 0. The van der Waals surface area contributed by atoms with Gasteiger partial charge in [-0.1, -0.05) is 6.42 Å². The van der Waals surface area contributed by atoms with Crippen molar-refractivity contribution in [2.45, 2.75) is 31.6 Å². The molecule has 0 amide bonds. The summed E-state index contributed by atoms with van der Waals surface area (Å²) in [5.74, 6) is 3.43. The molecule has 3 atom stereocenters. The molecule has 2 aromatic rings. The lowest BCUT2D eigenvalue weighted by atomic mass is 9.88. The minimum Gasteiger partial charge on any atom is -0.339 e. The second kappa shape index (κ2) is 3.42. The summed E-state index contributed by atoms with van der Waals surface area (Å²) >= 11 is 5.77. The molecule has 0 aromatic carbocycles. The van der Waals surface area contributed by atoms with Crippen LogP contribution in [0.2, 0.25) is 5.28 Å². The molecule has 3 unspecified atom stereocenters. The van der Waals surface area contributed by atoms with Gasteiger partial charge >= 0.3 is 0 Å². The number of aromatic amines is 1. The van der Waals surface area contributed by atoms with Crippen LogP contribution in [0.15, 0.2) is 6.20 Å². The summed E-state index contributed by atoms with van der Waals surface area (Å²) < 4.78 is 0. The molecule has 0 saturated heterocycles. The average molecular weight is 249 g/mol. The van der Waals surface area contributed by atoms with Crippen molar-refractivity contribution in [3.05, 3.63) is 17.3 Å². The highest BCUT2D eigenvalue weighted by Crippen LogP contribution is 2.52. The molecule has 17 heavy (non-hydrogen) atoms. The van der Waals surface area contributed by atoms with E-state index >= 15 is 0 Å². The molecule has 2 aliphatic carbocycles. The van der Waals surface area contributed by atoms with Gasteiger partial charge in [0.2, 0.25) is 5.28 Å². The van der Waals surface area contributed by atoms with Crippen LogP contribution in [0.4, 0.5) is 0 Å². The molecule has 4 rings (SSSR count). The molecule has 2 aromatic heterocycles. The zero-order valence-electron chi connectivity index (χ0n) is 9.36. The van der Waals surface area contributed by atoms with Crippen molar-refractivity contribution in [2.75, 3.05) is 0 Å². The van der Waals surface area contributed by atoms with Crippen LogP contribution in [0, 0.1) is 11.8 Å². The average Bonchev–Trinajstić information content (AvgIpc) is 3.01. The summed E-state index contributed by atoms with van der Waals surface area (Å²) in [5.41, 5.74) is 1.59. The topological polar surface area (TPSA) is 54.5 Å². The van der Waals surface area contributed by atoms with E-state index < -0.39 is 0 Å². The first-order valence-electron chi connectivity index (χ1n) is 6.18. The third-order valence-electron chi connectivity index (χ3n) is 4.32. The lowest BCUT2D eigenvalue weighted by Gasteiger charge is -2.18. The molecule has 2 saturated carbocycles. The molecular weight excluding hydrogens is 236 g/mol. The van der Waals surface area contributed by atoms with Crippen molar-refractivity contribution >= 4 is 22.8 Å². The van der Waals surface area contributed by atoms with E-state index in [0.29, 0.717) is 11.6 Å². The van der Waals surface area contributed by atoms with Crippen LogP contribution >= 0.6 is 11.6 Å². The minimum atomic E-state index is 0.267.